The van der Waals surface area contributed by atoms with Gasteiger partial charge >= 0.3 is 0 Å². The van der Waals surface area contributed by atoms with Crippen LogP contribution in [0.15, 0.2) is 30.3 Å². The van der Waals surface area contributed by atoms with Crippen molar-refractivity contribution in [1.29, 1.82) is 0 Å². The Morgan fingerprint density at radius 2 is 0.439 bits per heavy atom. The summed E-state index contributed by atoms with van der Waals surface area (Å²) < 4.78 is 369. The van der Waals surface area contributed by atoms with E-state index in [1.54, 1.807) is 0 Å². The molecule has 0 amide bonds. The second kappa shape index (κ2) is 17.0. The van der Waals surface area contributed by atoms with Crippen LogP contribution < -0.4 is 26.8 Å². The van der Waals surface area contributed by atoms with Crippen LogP contribution in [0.5, 0.6) is 0 Å². The third-order valence-corrected chi connectivity index (χ3v) is 10.3. The zero-order valence-corrected chi connectivity index (χ0v) is 31.5. The Hall–Kier alpha value is -6.60. The predicted molar refractivity (Wildman–Crippen MR) is 183 cm³/mol. The van der Waals surface area contributed by atoms with E-state index in [1.165, 1.54) is 10.6 Å². The molecule has 0 aliphatic rings. The van der Waals surface area contributed by atoms with E-state index in [4.69, 9.17) is 0 Å². The maximum Gasteiger partial charge on any atom is 0.200 e. The summed E-state index contributed by atoms with van der Waals surface area (Å²) in [5.41, 5.74) is -13.6. The molecule has 1 nitrogen and oxygen atoms in total. The molecule has 0 aromatic heterocycles. The number of para-hydroxylation sites is 1. The summed E-state index contributed by atoms with van der Waals surface area (Å²) in [5.74, 6) is -87.3. The molecule has 66 heavy (non-hydrogen) atoms. The van der Waals surface area contributed by atoms with Gasteiger partial charge < -0.3 is 4.90 Å². The lowest BCUT2D eigenvalue weighted by molar-refractivity contribution is -0.786. The summed E-state index contributed by atoms with van der Waals surface area (Å²) in [6.45, 7) is 0. The van der Waals surface area contributed by atoms with Crippen molar-refractivity contribution in [3.63, 3.8) is 0 Å². The topological polar surface area (TPSA) is 4.44 Å². The van der Waals surface area contributed by atoms with E-state index < -0.39 is 189 Å². The number of benzene rings is 7. The Labute approximate surface area is 349 Å². The molecule has 0 unspecified atom stereocenters. The fourth-order valence-corrected chi connectivity index (χ4v) is 7.50. The van der Waals surface area contributed by atoms with Gasteiger partial charge in [-0.15, -0.1) is 21.9 Å². The molecule has 7 rings (SSSR count). The number of halogens is 24. The van der Waals surface area contributed by atoms with E-state index in [1.807, 2.05) is 6.07 Å². The molecule has 0 heterocycles. The smallest absolute Gasteiger partial charge is 0.200 e. The van der Waals surface area contributed by atoms with Crippen LogP contribution in [0.3, 0.4) is 0 Å². The van der Waals surface area contributed by atoms with Crippen LogP contribution >= 0.6 is 0 Å². The Morgan fingerprint density at radius 1 is 0.242 bits per heavy atom. The average molecular weight is 973 g/mol. The van der Waals surface area contributed by atoms with Gasteiger partial charge in [0.1, 0.15) is 46.7 Å². The van der Waals surface area contributed by atoms with Gasteiger partial charge in [-0.25, -0.2) is 105 Å². The van der Waals surface area contributed by atoms with Crippen LogP contribution in [0.2, 0.25) is 0 Å². The number of rotatable bonds is 5. The van der Waals surface area contributed by atoms with Gasteiger partial charge in [-0.05, 0) is 22.9 Å². The van der Waals surface area contributed by atoms with Gasteiger partial charge in [-0.3, -0.25) is 0 Å². The molecule has 7 aromatic carbocycles. The van der Waals surface area contributed by atoms with Gasteiger partial charge in [0.15, 0.2) is 105 Å². The first kappa shape index (κ1) is 48.9. The minimum Gasteiger partial charge on any atom is -0.307 e. The summed E-state index contributed by atoms with van der Waals surface area (Å²) in [5, 5.41) is -12.7. The molecule has 0 atom stereocenters. The first-order chi connectivity index (χ1) is 30.6. The monoisotopic (exact) mass is 973 g/mol. The number of fused-ring (bicyclic) bond motifs is 2. The second-order valence-electron chi connectivity index (χ2n) is 13.9. The van der Waals surface area contributed by atoms with E-state index in [-0.39, 0.29) is 0 Å². The summed E-state index contributed by atoms with van der Waals surface area (Å²) in [4.78, 5) is 1.37. The standard InChI is InChI=1S/C32BF24.C8H11N/c34-9-1-3(13(38)25(50)23(9)48)11(36)21(46)15(40)5(1)33(7-17(42)27(52)31(56)28(53)18(7)43,8-19(44)29(54)32(57)30(55)20(8)45)6-2-4(12(37)22(47)16(6)41)14(39)26(51)24(49)10(2)35;1-9(2)8-6-4-3-5-7-8/h;3-7H,1-2H3/q-1;/p+1. The Bertz CT molecular complexity index is 2960. The molecule has 0 bridgehead atoms. The van der Waals surface area contributed by atoms with E-state index in [2.05, 4.69) is 38.4 Å². The zero-order valence-electron chi connectivity index (χ0n) is 31.5. The van der Waals surface area contributed by atoms with Crippen molar-refractivity contribution in [3.05, 3.63) is 170 Å². The van der Waals surface area contributed by atoms with Crippen molar-refractivity contribution >= 4 is 55.2 Å². The summed E-state index contributed by atoms with van der Waals surface area (Å²) in [6.07, 6.45) is -7.63. The Morgan fingerprint density at radius 3 is 0.682 bits per heavy atom. The zero-order chi connectivity index (χ0) is 49.7. The van der Waals surface area contributed by atoms with Crippen molar-refractivity contribution in [2.45, 2.75) is 0 Å². The number of nitrogens with one attached hydrogen (secondary N) is 1. The molecule has 0 saturated carbocycles. The third kappa shape index (κ3) is 6.68. The molecule has 0 saturated heterocycles. The van der Waals surface area contributed by atoms with Crippen LogP contribution in [0.1, 0.15) is 0 Å². The lowest BCUT2D eigenvalue weighted by Gasteiger charge is -2.46. The maximum absolute atomic E-state index is 16.5. The molecule has 1 N–H and O–H groups in total. The van der Waals surface area contributed by atoms with Gasteiger partial charge in [-0.1, -0.05) is 18.2 Å². The highest BCUT2D eigenvalue weighted by molar-refractivity contribution is 7.21. The molecule has 348 valence electrons. The molecule has 0 aliphatic heterocycles. The van der Waals surface area contributed by atoms with E-state index in [9.17, 15) is 26.3 Å². The van der Waals surface area contributed by atoms with Gasteiger partial charge in [0.2, 0.25) is 0 Å². The quantitative estimate of drug-likeness (QED) is 0.0761. The lowest BCUT2D eigenvalue weighted by Crippen LogP contribution is -3.00. The molecule has 0 fully saturated rings. The third-order valence-electron chi connectivity index (χ3n) is 10.3. The van der Waals surface area contributed by atoms with Gasteiger partial charge in [-0.2, -0.15) is 0 Å². The summed E-state index contributed by atoms with van der Waals surface area (Å²) in [6, 6.07) is 10.4. The number of hydrogen-bond acceptors (Lipinski definition) is 0. The van der Waals surface area contributed by atoms with Crippen LogP contribution in [0.4, 0.5) is 111 Å². The van der Waals surface area contributed by atoms with E-state index >= 15 is 79.0 Å². The normalized spacial score (nSPS) is 11.9. The van der Waals surface area contributed by atoms with E-state index in [0.717, 1.165) is 0 Å². The fourth-order valence-electron chi connectivity index (χ4n) is 7.50. The highest BCUT2D eigenvalue weighted by Gasteiger charge is 2.52. The van der Waals surface area contributed by atoms with Crippen LogP contribution in [-0.4, -0.2) is 20.2 Å². The van der Waals surface area contributed by atoms with Gasteiger partial charge in [0, 0.05) is 0 Å². The SMILES string of the molecule is C[NH+](C)c1ccccc1.Fc1c(F)c(F)c([B-](c2c(F)c(F)c(F)c(F)c2F)(c2c(F)c(F)c(F)c3c(F)c(F)c(F)c(F)c23)c2c(F)c(F)c(F)c3c(F)c(F)c(F)c(F)c23)c(F)c1F. The first-order valence-corrected chi connectivity index (χ1v) is 17.4. The van der Waals surface area contributed by atoms with Crippen molar-refractivity contribution in [3.8, 4) is 0 Å². The molecule has 26 heteroatoms. The molecule has 0 radical (unpaired) electrons. The van der Waals surface area contributed by atoms with Crippen LogP contribution in [0, 0.1) is 140 Å². The van der Waals surface area contributed by atoms with Gasteiger partial charge in [0.25, 0.3) is 0 Å². The highest BCUT2D eigenvalue weighted by Crippen LogP contribution is 2.38. The molecular weight excluding hydrogens is 961 g/mol. The van der Waals surface area contributed by atoms with Crippen molar-refractivity contribution in [2.24, 2.45) is 0 Å². The van der Waals surface area contributed by atoms with Crippen molar-refractivity contribution in [2.75, 3.05) is 14.1 Å². The Balaban J connectivity index is 0.000000715. The van der Waals surface area contributed by atoms with Crippen molar-refractivity contribution < 1.29 is 110 Å². The molecule has 0 spiro atoms. The predicted octanol–water partition coefficient (Wildman–Crippen LogP) is 9.17. The second-order valence-corrected chi connectivity index (χ2v) is 13.9. The fraction of sp³-hybridized carbons (Fsp3) is 0.0500. The van der Waals surface area contributed by atoms with Crippen LogP contribution in [-0.2, 0) is 0 Å². The van der Waals surface area contributed by atoms with E-state index in [0.29, 0.717) is 0 Å². The summed E-state index contributed by atoms with van der Waals surface area (Å²) >= 11 is 0. The van der Waals surface area contributed by atoms with Crippen molar-refractivity contribution in [1.82, 2.24) is 0 Å². The number of quaternary nitrogens is 1. The Kier molecular flexibility index (Phi) is 12.6. The minimum atomic E-state index is -7.63. The summed E-state index contributed by atoms with van der Waals surface area (Å²) in [7, 11) is 4.24. The highest BCUT2D eigenvalue weighted by atomic mass is 19.2. The average Bonchev–Trinajstić information content (AvgIpc) is 3.29. The maximum atomic E-state index is 16.5. The minimum absolute atomic E-state index is 1.33. The number of hydrogen-bond donors (Lipinski definition) is 1. The van der Waals surface area contributed by atoms with Gasteiger partial charge in [0.05, 0.1) is 24.9 Å². The largest absolute Gasteiger partial charge is 0.307 e. The first-order valence-electron chi connectivity index (χ1n) is 17.4. The lowest BCUT2D eigenvalue weighted by atomic mass is 9.11. The molecule has 0 aliphatic carbocycles. The van der Waals surface area contributed by atoms with Crippen LogP contribution in [0.25, 0.3) is 21.5 Å². The molecule has 7 aromatic rings. The molecular formula is C40H12BF24N.